The van der Waals surface area contributed by atoms with Gasteiger partial charge in [0.25, 0.3) is 5.56 Å². The summed E-state index contributed by atoms with van der Waals surface area (Å²) in [7, 11) is 0. The van der Waals surface area contributed by atoms with Crippen LogP contribution in [0.1, 0.15) is 23.6 Å². The van der Waals surface area contributed by atoms with Crippen LogP contribution in [0.25, 0.3) is 0 Å². The van der Waals surface area contributed by atoms with Gasteiger partial charge in [0.05, 0.1) is 12.7 Å². The second-order valence-electron chi connectivity index (χ2n) is 3.83. The topological polar surface area (TPSA) is 96.2 Å². The fourth-order valence-electron chi connectivity index (χ4n) is 1.55. The Bertz CT molecular complexity index is 586. The molecule has 0 unspecified atom stereocenters. The van der Waals surface area contributed by atoms with Crippen molar-refractivity contribution >= 4 is 5.97 Å². The molecule has 2 rings (SSSR count). The Hall–Kier alpha value is -2.37. The first-order chi connectivity index (χ1) is 8.65. The minimum atomic E-state index is -0.936. The van der Waals surface area contributed by atoms with Crippen LogP contribution in [0.5, 0.6) is 0 Å². The fourth-order valence-corrected chi connectivity index (χ4v) is 1.55. The Labute approximate surface area is 102 Å². The van der Waals surface area contributed by atoms with Gasteiger partial charge in [-0.3, -0.25) is 9.59 Å². The molecule has 0 atom stereocenters. The predicted molar refractivity (Wildman–Crippen MR) is 62.3 cm³/mol. The van der Waals surface area contributed by atoms with E-state index in [1.807, 2.05) is 0 Å². The summed E-state index contributed by atoms with van der Waals surface area (Å²) in [5.74, 6) is 0.263. The third-order valence-corrected chi connectivity index (χ3v) is 2.46. The van der Waals surface area contributed by atoms with E-state index in [1.54, 1.807) is 18.4 Å². The van der Waals surface area contributed by atoms with Crippen molar-refractivity contribution in [1.82, 2.24) is 9.97 Å². The smallest absolute Gasteiger partial charge is 0.303 e. The first-order valence-corrected chi connectivity index (χ1v) is 5.46. The van der Waals surface area contributed by atoms with Crippen LogP contribution in [0.4, 0.5) is 0 Å². The van der Waals surface area contributed by atoms with Crippen molar-refractivity contribution in [2.24, 2.45) is 0 Å². The lowest BCUT2D eigenvalue weighted by atomic mass is 10.2. The molecule has 0 aliphatic rings. The van der Waals surface area contributed by atoms with E-state index in [2.05, 4.69) is 9.97 Å². The molecule has 0 aromatic carbocycles. The highest BCUT2D eigenvalue weighted by molar-refractivity contribution is 5.67. The third-order valence-electron chi connectivity index (χ3n) is 2.46. The second-order valence-corrected chi connectivity index (χ2v) is 3.83. The van der Waals surface area contributed by atoms with E-state index in [1.165, 1.54) is 6.20 Å². The van der Waals surface area contributed by atoms with Crippen LogP contribution in [0.15, 0.2) is 33.8 Å². The number of aryl methyl sites for hydroxylation is 1. The highest BCUT2D eigenvalue weighted by Gasteiger charge is 2.06. The van der Waals surface area contributed by atoms with Crippen LogP contribution in [0, 0.1) is 0 Å². The lowest BCUT2D eigenvalue weighted by molar-refractivity contribution is -0.136. The van der Waals surface area contributed by atoms with Crippen molar-refractivity contribution in [2.45, 2.75) is 19.3 Å². The first-order valence-electron chi connectivity index (χ1n) is 5.46. The average Bonchev–Trinajstić information content (AvgIpc) is 2.80. The molecule has 0 aliphatic carbocycles. The number of H-pyrrole nitrogens is 1. The second kappa shape index (κ2) is 5.31. The molecule has 0 aliphatic heterocycles. The summed E-state index contributed by atoms with van der Waals surface area (Å²) >= 11 is 0. The summed E-state index contributed by atoms with van der Waals surface area (Å²) in [4.78, 5) is 28.8. The zero-order valence-corrected chi connectivity index (χ0v) is 9.55. The molecule has 0 saturated heterocycles. The van der Waals surface area contributed by atoms with Crippen LogP contribution >= 0.6 is 0 Å². The number of furan rings is 1. The van der Waals surface area contributed by atoms with Crippen LogP contribution < -0.4 is 5.56 Å². The number of aromatic amines is 1. The van der Waals surface area contributed by atoms with Gasteiger partial charge >= 0.3 is 5.97 Å². The van der Waals surface area contributed by atoms with Gasteiger partial charge in [0.15, 0.2) is 0 Å². The number of carbonyl (C=O) groups is 1. The minimum Gasteiger partial charge on any atom is -0.481 e. The Kier molecular flexibility index (Phi) is 3.57. The van der Waals surface area contributed by atoms with Crippen molar-refractivity contribution in [2.75, 3.05) is 0 Å². The maximum atomic E-state index is 11.7. The fraction of sp³-hybridized carbons (Fsp3) is 0.250. The molecule has 0 fully saturated rings. The lowest BCUT2D eigenvalue weighted by Crippen LogP contribution is -2.17. The summed E-state index contributed by atoms with van der Waals surface area (Å²) in [6.07, 6.45) is 3.47. The largest absolute Gasteiger partial charge is 0.481 e. The maximum Gasteiger partial charge on any atom is 0.303 e. The van der Waals surface area contributed by atoms with Crippen LogP contribution in [0.3, 0.4) is 0 Å². The molecule has 2 aromatic rings. The number of nitrogens with one attached hydrogen (secondary N) is 1. The first kappa shape index (κ1) is 12.1. The molecule has 2 heterocycles. The Balaban J connectivity index is 2.10. The van der Waals surface area contributed by atoms with Crippen molar-refractivity contribution in [1.29, 1.82) is 0 Å². The molecule has 0 amide bonds. The molecule has 2 aromatic heterocycles. The highest BCUT2D eigenvalue weighted by Crippen LogP contribution is 2.05. The van der Waals surface area contributed by atoms with Crippen molar-refractivity contribution < 1.29 is 14.3 Å². The standard InChI is InChI=1S/C12H12N2O4/c15-11(16)4-3-8-7-13-10(14-12(8)17)6-9-2-1-5-18-9/h1-2,5,7H,3-4,6H2,(H,15,16)(H,13,14,17). The molecule has 18 heavy (non-hydrogen) atoms. The summed E-state index contributed by atoms with van der Waals surface area (Å²) in [5.41, 5.74) is 0.0772. The zero-order chi connectivity index (χ0) is 13.0. The number of rotatable bonds is 5. The molecule has 0 radical (unpaired) electrons. The van der Waals surface area contributed by atoms with E-state index in [9.17, 15) is 9.59 Å². The number of hydrogen-bond acceptors (Lipinski definition) is 4. The highest BCUT2D eigenvalue weighted by atomic mass is 16.4. The molecule has 0 spiro atoms. The normalized spacial score (nSPS) is 10.4. The van der Waals surface area contributed by atoms with E-state index in [-0.39, 0.29) is 18.4 Å². The van der Waals surface area contributed by atoms with Gasteiger partial charge in [-0.2, -0.15) is 0 Å². The molecular weight excluding hydrogens is 236 g/mol. The van der Waals surface area contributed by atoms with E-state index >= 15 is 0 Å². The average molecular weight is 248 g/mol. The molecular formula is C12H12N2O4. The zero-order valence-electron chi connectivity index (χ0n) is 9.55. The Morgan fingerprint density at radius 1 is 1.50 bits per heavy atom. The summed E-state index contributed by atoms with van der Waals surface area (Å²) in [6.45, 7) is 0. The van der Waals surface area contributed by atoms with Crippen LogP contribution in [0.2, 0.25) is 0 Å². The van der Waals surface area contributed by atoms with E-state index in [0.717, 1.165) is 0 Å². The Morgan fingerprint density at radius 2 is 2.33 bits per heavy atom. The number of carboxylic acid groups (broad SMARTS) is 1. The monoisotopic (exact) mass is 248 g/mol. The molecule has 94 valence electrons. The van der Waals surface area contributed by atoms with Gasteiger partial charge < -0.3 is 14.5 Å². The quantitative estimate of drug-likeness (QED) is 0.821. The number of nitrogens with zero attached hydrogens (tertiary/aromatic N) is 1. The third kappa shape index (κ3) is 3.07. The van der Waals surface area contributed by atoms with Gasteiger partial charge in [0.2, 0.25) is 0 Å². The predicted octanol–water partition coefficient (Wildman–Crippen LogP) is 0.971. The van der Waals surface area contributed by atoms with Crippen molar-refractivity contribution in [3.8, 4) is 0 Å². The number of aliphatic carboxylic acids is 1. The summed E-state index contributed by atoms with van der Waals surface area (Å²) < 4.78 is 5.15. The van der Waals surface area contributed by atoms with Gasteiger partial charge in [0.1, 0.15) is 11.6 Å². The number of hydrogen-bond donors (Lipinski definition) is 2. The Morgan fingerprint density at radius 3 is 2.94 bits per heavy atom. The maximum absolute atomic E-state index is 11.7. The molecule has 2 N–H and O–H groups in total. The minimum absolute atomic E-state index is 0.0811. The number of aromatic nitrogens is 2. The van der Waals surface area contributed by atoms with Gasteiger partial charge in [-0.25, -0.2) is 4.98 Å². The van der Waals surface area contributed by atoms with Gasteiger partial charge in [-0.1, -0.05) is 0 Å². The summed E-state index contributed by atoms with van der Waals surface area (Å²) in [5, 5.41) is 8.55. The van der Waals surface area contributed by atoms with Crippen molar-refractivity contribution in [3.63, 3.8) is 0 Å². The molecule has 0 bridgehead atoms. The van der Waals surface area contributed by atoms with E-state index in [0.29, 0.717) is 23.6 Å². The van der Waals surface area contributed by atoms with Gasteiger partial charge in [-0.15, -0.1) is 0 Å². The number of carboxylic acids is 1. The van der Waals surface area contributed by atoms with Gasteiger partial charge in [0, 0.05) is 18.2 Å². The van der Waals surface area contributed by atoms with E-state index < -0.39 is 5.97 Å². The van der Waals surface area contributed by atoms with Crippen LogP contribution in [-0.4, -0.2) is 21.0 Å². The summed E-state index contributed by atoms with van der Waals surface area (Å²) in [6, 6.07) is 3.55. The van der Waals surface area contributed by atoms with Crippen molar-refractivity contribution in [3.05, 3.63) is 52.1 Å². The SMILES string of the molecule is O=C(O)CCc1cnc(Cc2ccco2)[nH]c1=O. The lowest BCUT2D eigenvalue weighted by Gasteiger charge is -2.00. The van der Waals surface area contributed by atoms with Crippen LogP contribution in [-0.2, 0) is 17.6 Å². The molecule has 6 nitrogen and oxygen atoms in total. The van der Waals surface area contributed by atoms with Gasteiger partial charge in [-0.05, 0) is 18.6 Å². The van der Waals surface area contributed by atoms with E-state index in [4.69, 9.17) is 9.52 Å². The molecule has 0 saturated carbocycles. The molecule has 6 heteroatoms.